The van der Waals surface area contributed by atoms with Crippen molar-refractivity contribution in [1.82, 2.24) is 4.90 Å². The van der Waals surface area contributed by atoms with E-state index >= 15 is 0 Å². The van der Waals surface area contributed by atoms with E-state index in [0.717, 1.165) is 10.0 Å². The summed E-state index contributed by atoms with van der Waals surface area (Å²) in [6, 6.07) is 18.2. The first-order valence-corrected chi connectivity index (χ1v) is 12.3. The van der Waals surface area contributed by atoms with E-state index in [-0.39, 0.29) is 5.91 Å². The van der Waals surface area contributed by atoms with Crippen molar-refractivity contribution in [3.63, 3.8) is 0 Å². The van der Waals surface area contributed by atoms with Crippen molar-refractivity contribution >= 4 is 29.9 Å². The van der Waals surface area contributed by atoms with Crippen LogP contribution in [-0.2, 0) is 6.54 Å². The lowest BCUT2D eigenvalue weighted by Gasteiger charge is -2.19. The van der Waals surface area contributed by atoms with Crippen LogP contribution in [0.4, 0.5) is 0 Å². The molecule has 0 heterocycles. The predicted octanol–water partition coefficient (Wildman–Crippen LogP) is 4.94. The van der Waals surface area contributed by atoms with E-state index in [9.17, 15) is 4.79 Å². The van der Waals surface area contributed by atoms with Gasteiger partial charge in [-0.3, -0.25) is 9.69 Å². The van der Waals surface area contributed by atoms with Crippen molar-refractivity contribution in [2.45, 2.75) is 26.2 Å². The SMILES string of the molecule is COc1ccccc1C(=O)N(C#C[Si](C)(C)C)Cc1ccccc1Br. The lowest BCUT2D eigenvalue weighted by molar-refractivity contribution is 0.0823. The highest BCUT2D eigenvalue weighted by Gasteiger charge is 2.20. The normalized spacial score (nSPS) is 10.6. The Morgan fingerprint density at radius 2 is 1.76 bits per heavy atom. The van der Waals surface area contributed by atoms with Crippen LogP contribution in [0.15, 0.2) is 53.0 Å². The summed E-state index contributed by atoms with van der Waals surface area (Å²) in [6.07, 6.45) is 0. The Hall–Kier alpha value is -2.03. The maximum Gasteiger partial charge on any atom is 0.269 e. The summed E-state index contributed by atoms with van der Waals surface area (Å²) in [7, 11) is -0.0500. The van der Waals surface area contributed by atoms with Gasteiger partial charge in [0.05, 0.1) is 19.2 Å². The zero-order valence-corrected chi connectivity index (χ0v) is 17.6. The predicted molar refractivity (Wildman–Crippen MR) is 108 cm³/mol. The van der Waals surface area contributed by atoms with Crippen LogP contribution in [0.1, 0.15) is 15.9 Å². The van der Waals surface area contributed by atoms with Gasteiger partial charge in [-0.25, -0.2) is 0 Å². The summed E-state index contributed by atoms with van der Waals surface area (Å²) in [5, 5.41) is 0. The number of methoxy groups -OCH3 is 1. The van der Waals surface area contributed by atoms with Gasteiger partial charge in [0, 0.05) is 10.5 Å². The number of carbonyl (C=O) groups is 1. The standard InChI is InChI=1S/C20H22BrNO2Si/c1-24-19-12-8-6-10-17(19)20(23)22(13-14-25(2,3)4)15-16-9-5-7-11-18(16)21/h5-12H,15H2,1-4H3. The second-order valence-corrected chi connectivity index (χ2v) is 12.3. The minimum absolute atomic E-state index is 0.154. The van der Waals surface area contributed by atoms with Crippen LogP contribution in [-0.4, -0.2) is 26.0 Å². The number of amides is 1. The van der Waals surface area contributed by atoms with Gasteiger partial charge in [-0.1, -0.05) is 65.9 Å². The number of benzene rings is 2. The quantitative estimate of drug-likeness (QED) is 0.402. The molecule has 0 aliphatic heterocycles. The van der Waals surface area contributed by atoms with E-state index in [4.69, 9.17) is 4.74 Å². The molecule has 0 aliphatic carbocycles. The van der Waals surface area contributed by atoms with Crippen LogP contribution in [0, 0.1) is 11.6 Å². The molecule has 0 bridgehead atoms. The minimum Gasteiger partial charge on any atom is -0.496 e. The van der Waals surface area contributed by atoms with E-state index in [1.807, 2.05) is 36.4 Å². The summed E-state index contributed by atoms with van der Waals surface area (Å²) in [5.41, 5.74) is 4.81. The van der Waals surface area contributed by atoms with Crippen LogP contribution >= 0.6 is 15.9 Å². The van der Waals surface area contributed by atoms with Gasteiger partial charge in [-0.05, 0) is 23.8 Å². The summed E-state index contributed by atoms with van der Waals surface area (Å²) < 4.78 is 6.30. The molecule has 0 fully saturated rings. The van der Waals surface area contributed by atoms with Gasteiger partial charge < -0.3 is 4.74 Å². The van der Waals surface area contributed by atoms with Gasteiger partial charge in [0.2, 0.25) is 0 Å². The smallest absolute Gasteiger partial charge is 0.269 e. The molecule has 0 atom stereocenters. The summed E-state index contributed by atoms with van der Waals surface area (Å²) in [6.45, 7) is 6.88. The van der Waals surface area contributed by atoms with Gasteiger partial charge in [-0.2, -0.15) is 0 Å². The van der Waals surface area contributed by atoms with Gasteiger partial charge in [0.15, 0.2) is 0 Å². The number of nitrogens with zero attached hydrogens (tertiary/aromatic N) is 1. The summed E-state index contributed by atoms with van der Waals surface area (Å²) in [5.74, 6) is 0.401. The van der Waals surface area contributed by atoms with E-state index < -0.39 is 8.07 Å². The Balaban J connectivity index is 2.42. The fourth-order valence-corrected chi connectivity index (χ4v) is 3.04. The number of hydrogen-bond acceptors (Lipinski definition) is 2. The number of halogens is 1. The van der Waals surface area contributed by atoms with Crippen molar-refractivity contribution in [3.8, 4) is 17.3 Å². The molecule has 2 rings (SSSR count). The van der Waals surface area contributed by atoms with E-state index in [2.05, 4.69) is 47.2 Å². The molecule has 5 heteroatoms. The van der Waals surface area contributed by atoms with Gasteiger partial charge in [0.25, 0.3) is 5.91 Å². The Morgan fingerprint density at radius 3 is 2.40 bits per heavy atom. The lowest BCUT2D eigenvalue weighted by atomic mass is 10.1. The molecule has 0 aliphatic rings. The highest BCUT2D eigenvalue weighted by Crippen LogP contribution is 2.22. The number of carbonyl (C=O) groups excluding carboxylic acids is 1. The molecule has 0 aromatic heterocycles. The molecule has 0 spiro atoms. The van der Waals surface area contributed by atoms with Crippen LogP contribution in [0.25, 0.3) is 0 Å². The topological polar surface area (TPSA) is 29.5 Å². The van der Waals surface area contributed by atoms with Crippen molar-refractivity contribution in [2.75, 3.05) is 7.11 Å². The van der Waals surface area contributed by atoms with Crippen molar-refractivity contribution in [3.05, 3.63) is 64.1 Å². The Kier molecular flexibility index (Phi) is 6.46. The average Bonchev–Trinajstić information content (AvgIpc) is 2.58. The van der Waals surface area contributed by atoms with Crippen molar-refractivity contribution in [1.29, 1.82) is 0 Å². The Bertz CT molecular complexity index is 818. The molecule has 0 N–H and O–H groups in total. The number of rotatable bonds is 4. The summed E-state index contributed by atoms with van der Waals surface area (Å²) in [4.78, 5) is 14.7. The van der Waals surface area contributed by atoms with Gasteiger partial charge >= 0.3 is 0 Å². The van der Waals surface area contributed by atoms with Gasteiger partial charge in [-0.15, -0.1) is 5.54 Å². The molecule has 2 aromatic rings. The third kappa shape index (κ3) is 5.48. The number of para-hydroxylation sites is 1. The Labute approximate surface area is 159 Å². The summed E-state index contributed by atoms with van der Waals surface area (Å²) >= 11 is 3.55. The highest BCUT2D eigenvalue weighted by molar-refractivity contribution is 9.10. The molecule has 2 aromatic carbocycles. The zero-order valence-electron chi connectivity index (χ0n) is 15.0. The van der Waals surface area contributed by atoms with E-state index in [1.165, 1.54) is 0 Å². The zero-order chi connectivity index (χ0) is 18.4. The van der Waals surface area contributed by atoms with Crippen LogP contribution in [0.3, 0.4) is 0 Å². The molecule has 3 nitrogen and oxygen atoms in total. The molecule has 130 valence electrons. The highest BCUT2D eigenvalue weighted by atomic mass is 79.9. The molecule has 0 radical (unpaired) electrons. The first-order chi connectivity index (χ1) is 11.8. The fraction of sp³-hybridized carbons (Fsp3) is 0.250. The monoisotopic (exact) mass is 415 g/mol. The van der Waals surface area contributed by atoms with Crippen molar-refractivity contribution in [2.24, 2.45) is 0 Å². The lowest BCUT2D eigenvalue weighted by Crippen LogP contribution is -2.28. The molecule has 0 saturated carbocycles. The van der Waals surface area contributed by atoms with Crippen LogP contribution in [0.2, 0.25) is 19.6 Å². The Morgan fingerprint density at radius 1 is 1.12 bits per heavy atom. The van der Waals surface area contributed by atoms with Crippen molar-refractivity contribution < 1.29 is 9.53 Å². The molecular formula is C20H22BrNO2Si. The van der Waals surface area contributed by atoms with Crippen LogP contribution in [0.5, 0.6) is 5.75 Å². The molecule has 1 amide bonds. The van der Waals surface area contributed by atoms with E-state index in [1.54, 1.807) is 24.1 Å². The minimum atomic E-state index is -1.62. The van der Waals surface area contributed by atoms with Gasteiger partial charge in [0.1, 0.15) is 13.8 Å². The van der Waals surface area contributed by atoms with E-state index in [0.29, 0.717) is 17.9 Å². The number of hydrogen-bond donors (Lipinski definition) is 0. The third-order valence-corrected chi connectivity index (χ3v) is 5.07. The third-order valence-electron chi connectivity index (χ3n) is 3.43. The average molecular weight is 416 g/mol. The first-order valence-electron chi connectivity index (χ1n) is 8.03. The maximum absolute atomic E-state index is 13.1. The second-order valence-electron chi connectivity index (χ2n) is 6.67. The first kappa shape index (κ1) is 19.3. The molecule has 0 saturated heterocycles. The second kappa shape index (κ2) is 8.37. The molecule has 25 heavy (non-hydrogen) atoms. The largest absolute Gasteiger partial charge is 0.496 e. The maximum atomic E-state index is 13.1. The van der Waals surface area contributed by atoms with Crippen LogP contribution < -0.4 is 4.74 Å². The molecule has 0 unspecified atom stereocenters. The fourth-order valence-electron chi connectivity index (χ4n) is 2.16. The number of ether oxygens (including phenoxy) is 1. The molecular weight excluding hydrogens is 394 g/mol.